The zero-order valence-corrected chi connectivity index (χ0v) is 37.0. The van der Waals surface area contributed by atoms with Crippen LogP contribution in [0.15, 0.2) is 35.5 Å². The van der Waals surface area contributed by atoms with E-state index < -0.39 is 28.0 Å². The van der Waals surface area contributed by atoms with E-state index in [0.29, 0.717) is 46.8 Å². The number of nitrogens with zero attached hydrogens (tertiary/aromatic N) is 1. The van der Waals surface area contributed by atoms with Gasteiger partial charge in [-0.05, 0) is 172 Å². The van der Waals surface area contributed by atoms with Crippen LogP contribution in [0.25, 0.3) is 0 Å². The minimum atomic E-state index is -5.08. The van der Waals surface area contributed by atoms with Crippen molar-refractivity contribution >= 4 is 21.8 Å². The van der Waals surface area contributed by atoms with Gasteiger partial charge in [-0.3, -0.25) is 4.79 Å². The van der Waals surface area contributed by atoms with Gasteiger partial charge in [0, 0.05) is 24.9 Å². The van der Waals surface area contributed by atoms with Gasteiger partial charge < -0.3 is 20.4 Å². The number of rotatable bonds is 8. The van der Waals surface area contributed by atoms with Crippen LogP contribution in [0.5, 0.6) is 0 Å². The second kappa shape index (κ2) is 15.9. The highest BCUT2D eigenvalue weighted by Gasteiger charge is 2.70. The van der Waals surface area contributed by atoms with Gasteiger partial charge in [-0.15, -0.1) is 0 Å². The number of halogens is 3. The quantitative estimate of drug-likeness (QED) is 0.207. The van der Waals surface area contributed by atoms with Gasteiger partial charge in [0.25, 0.3) is 0 Å². The molecule has 4 saturated carbocycles. The van der Waals surface area contributed by atoms with Gasteiger partial charge in [-0.25, -0.2) is 13.2 Å². The van der Waals surface area contributed by atoms with Gasteiger partial charge in [-0.1, -0.05) is 58.9 Å². The van der Waals surface area contributed by atoms with Crippen LogP contribution in [0.1, 0.15) is 131 Å². The topological polar surface area (TPSA) is 124 Å². The first kappa shape index (κ1) is 45.3. The lowest BCUT2D eigenvalue weighted by molar-refractivity contribution is -0.221. The molecular weight excluding hydrogens is 766 g/mol. The average molecular weight is 837 g/mol. The first-order valence-electron chi connectivity index (χ1n) is 22.1. The number of likely N-dealkylation sites (tertiary alicyclic amines) is 1. The van der Waals surface area contributed by atoms with Crippen molar-refractivity contribution in [3.8, 4) is 0 Å². The second-order valence-electron chi connectivity index (χ2n) is 21.0. The molecular formula is C46H71F3N2O6S. The molecule has 0 radical (unpaired) electrons. The third-order valence-corrected chi connectivity index (χ3v) is 19.7. The smallest absolute Gasteiger partial charge is 0.481 e. The monoisotopic (exact) mass is 836 g/mol. The molecule has 0 bridgehead atoms. The third-order valence-electron chi connectivity index (χ3n) is 18.0. The molecule has 1 heterocycles. The van der Waals surface area contributed by atoms with Gasteiger partial charge in [0.2, 0.25) is 0 Å². The fraction of sp³-hybridized carbons (Fsp3) is 0.826. The summed E-state index contributed by atoms with van der Waals surface area (Å²) >= 11 is 0. The minimum Gasteiger partial charge on any atom is -0.481 e. The molecule has 5 fully saturated rings. The molecule has 7 rings (SSSR count). The summed E-state index contributed by atoms with van der Waals surface area (Å²) in [7, 11) is -2.94. The maximum Gasteiger partial charge on any atom is 0.490 e. The van der Waals surface area contributed by atoms with Crippen molar-refractivity contribution in [3.63, 3.8) is 0 Å². The normalized spacial score (nSPS) is 40.3. The van der Waals surface area contributed by atoms with Gasteiger partial charge in [-0.2, -0.15) is 13.2 Å². The molecule has 1 aliphatic heterocycles. The number of alkyl halides is 3. The summed E-state index contributed by atoms with van der Waals surface area (Å²) in [5.74, 6) is -0.352. The number of hydrogen-bond donors (Lipinski definition) is 3. The standard InChI is InChI=1S/C44H70N2O4S.C2HF3O2/c1-29(2)33-15-22-44(45-25-28-46-26-18-32(19-27-46)51(8,49)50)24-23-42(6)35(38(33)44)13-14-37-41(5)20-16-34(30-9-11-31(12-10-30)39(47)48)40(3,4)36(41)17-21-43(37,42)7;3-2(4,5)1(6)7/h9,16,31-33,35-38,45H,1,10-15,17-28H2,2-8H3,(H,47,48);(H,6,7)/t31-,33-,35+,36-,37+,38+,41-,42+,43+,44-;/m0./s1. The molecule has 10 atom stereocenters. The summed E-state index contributed by atoms with van der Waals surface area (Å²) in [5.41, 5.74) is 5.50. The van der Waals surface area contributed by atoms with Gasteiger partial charge in [0.15, 0.2) is 0 Å². The molecule has 0 aromatic rings. The highest BCUT2D eigenvalue weighted by atomic mass is 32.2. The molecule has 0 spiro atoms. The van der Waals surface area contributed by atoms with Crippen LogP contribution in [0.3, 0.4) is 0 Å². The zero-order chi connectivity index (χ0) is 42.9. The van der Waals surface area contributed by atoms with E-state index in [4.69, 9.17) is 9.90 Å². The minimum absolute atomic E-state index is 0.0934. The van der Waals surface area contributed by atoms with Crippen molar-refractivity contribution in [2.75, 3.05) is 32.4 Å². The van der Waals surface area contributed by atoms with E-state index in [1.54, 1.807) is 0 Å². The molecule has 12 heteroatoms. The van der Waals surface area contributed by atoms with Crippen molar-refractivity contribution < 1.29 is 41.4 Å². The summed E-state index contributed by atoms with van der Waals surface area (Å²) in [6.45, 7) is 23.9. The SMILES string of the molecule is C=C(C)[C@@H]1CC[C@]2(NCCN3CCC(S(C)(=O)=O)CC3)CC[C@]3(C)[C@H](CC[C@@H]4[C@@]5(C)CC=C(C6=CC[C@H](C(=O)O)CC6)C(C)(C)[C@@H]5CC[C@]43C)[C@@H]12.O=C(O)C(F)(F)F. The summed E-state index contributed by atoms with van der Waals surface area (Å²) in [5, 5.41) is 20.8. The van der Waals surface area contributed by atoms with E-state index in [-0.39, 0.29) is 27.5 Å². The zero-order valence-electron chi connectivity index (χ0n) is 36.1. The van der Waals surface area contributed by atoms with Gasteiger partial charge in [0.1, 0.15) is 9.84 Å². The number of fused-ring (bicyclic) bond motifs is 7. The van der Waals surface area contributed by atoms with Crippen LogP contribution >= 0.6 is 0 Å². The number of allylic oxidation sites excluding steroid dienone is 5. The Morgan fingerprint density at radius 2 is 1.55 bits per heavy atom. The Morgan fingerprint density at radius 1 is 0.897 bits per heavy atom. The van der Waals surface area contributed by atoms with Crippen molar-refractivity contribution in [3.05, 3.63) is 35.5 Å². The number of carboxylic acids is 2. The number of sulfone groups is 1. The Bertz CT molecular complexity index is 1780. The fourth-order valence-corrected chi connectivity index (χ4v) is 16.0. The first-order valence-corrected chi connectivity index (χ1v) is 24.0. The third kappa shape index (κ3) is 7.91. The predicted octanol–water partition coefficient (Wildman–Crippen LogP) is 9.48. The number of aliphatic carboxylic acids is 2. The van der Waals surface area contributed by atoms with Crippen molar-refractivity contribution in [2.45, 2.75) is 148 Å². The number of carbonyl (C=O) groups is 2. The van der Waals surface area contributed by atoms with Crippen LogP contribution in [-0.4, -0.2) is 84.9 Å². The summed E-state index contributed by atoms with van der Waals surface area (Å²) in [6, 6.07) is 0. The lowest BCUT2D eigenvalue weighted by atomic mass is 9.33. The Hall–Kier alpha value is -2.18. The lowest BCUT2D eigenvalue weighted by Crippen LogP contribution is -2.68. The fourth-order valence-electron chi connectivity index (χ4n) is 14.9. The van der Waals surface area contributed by atoms with Crippen LogP contribution in [0, 0.1) is 57.2 Å². The Morgan fingerprint density at radius 3 is 2.10 bits per heavy atom. The van der Waals surface area contributed by atoms with E-state index in [2.05, 4.69) is 70.5 Å². The molecule has 0 aromatic carbocycles. The molecule has 7 aliphatic rings. The largest absolute Gasteiger partial charge is 0.490 e. The molecule has 6 aliphatic carbocycles. The van der Waals surface area contributed by atoms with E-state index in [1.807, 2.05) is 0 Å². The summed E-state index contributed by atoms with van der Waals surface area (Å²) in [4.78, 5) is 23.1. The van der Waals surface area contributed by atoms with Crippen LogP contribution in [-0.2, 0) is 19.4 Å². The molecule has 0 aromatic heterocycles. The number of carboxylic acid groups (broad SMARTS) is 2. The van der Waals surface area contributed by atoms with Gasteiger partial charge in [0.05, 0.1) is 11.2 Å². The number of hydrogen-bond acceptors (Lipinski definition) is 6. The Balaban J connectivity index is 0.000000743. The summed E-state index contributed by atoms with van der Waals surface area (Å²) in [6.07, 6.45) is 16.6. The van der Waals surface area contributed by atoms with Crippen LogP contribution < -0.4 is 5.32 Å². The van der Waals surface area contributed by atoms with Crippen molar-refractivity contribution in [1.29, 1.82) is 0 Å². The van der Waals surface area contributed by atoms with E-state index in [0.717, 1.165) is 58.3 Å². The highest BCUT2D eigenvalue weighted by molar-refractivity contribution is 7.91. The van der Waals surface area contributed by atoms with E-state index >= 15 is 0 Å². The maximum absolute atomic E-state index is 12.1. The number of piperidine rings is 1. The first-order chi connectivity index (χ1) is 26.8. The van der Waals surface area contributed by atoms with Gasteiger partial charge >= 0.3 is 18.1 Å². The van der Waals surface area contributed by atoms with E-state index in [1.165, 1.54) is 74.3 Å². The Kier molecular flexibility index (Phi) is 12.5. The van der Waals surface area contributed by atoms with Crippen molar-refractivity contribution in [1.82, 2.24) is 10.2 Å². The highest BCUT2D eigenvalue weighted by Crippen LogP contribution is 2.76. The maximum atomic E-state index is 12.1. The van der Waals surface area contributed by atoms with E-state index in [9.17, 15) is 31.5 Å². The molecule has 1 saturated heterocycles. The number of nitrogens with one attached hydrogen (secondary N) is 1. The average Bonchev–Trinajstić information content (AvgIpc) is 3.51. The molecule has 8 nitrogen and oxygen atoms in total. The summed E-state index contributed by atoms with van der Waals surface area (Å²) < 4.78 is 56.0. The molecule has 328 valence electrons. The Labute approximate surface area is 345 Å². The lowest BCUT2D eigenvalue weighted by Gasteiger charge is -2.72. The second-order valence-corrected chi connectivity index (χ2v) is 23.4. The van der Waals surface area contributed by atoms with Crippen molar-refractivity contribution in [2.24, 2.45) is 57.2 Å². The molecule has 3 N–H and O–H groups in total. The van der Waals surface area contributed by atoms with Crippen LogP contribution in [0.2, 0.25) is 0 Å². The molecule has 58 heavy (non-hydrogen) atoms. The molecule has 0 amide bonds. The van der Waals surface area contributed by atoms with Crippen LogP contribution in [0.4, 0.5) is 13.2 Å². The molecule has 0 unspecified atom stereocenters. The predicted molar refractivity (Wildman–Crippen MR) is 222 cm³/mol.